The first-order chi connectivity index (χ1) is 47.6. The quantitative estimate of drug-likeness (QED) is 0.109. The minimum Gasteiger partial charge on any atom is -0.455 e. The molecule has 6 nitrogen and oxygen atoms in total. The smallest absolute Gasteiger partial charge is 0.147 e. The van der Waals surface area contributed by atoms with E-state index in [9.17, 15) is 0 Å². The molecule has 96 heavy (non-hydrogen) atoms. The highest BCUT2D eigenvalue weighted by atomic mass is 16.3. The lowest BCUT2D eigenvalue weighted by Crippen LogP contribution is -2.11. The molecule has 15 aromatic carbocycles. The molecule has 0 atom stereocenters. The summed E-state index contributed by atoms with van der Waals surface area (Å²) < 4.78 is 17.5. The van der Waals surface area contributed by atoms with Crippen LogP contribution < -0.4 is 14.7 Å². The number of aromatic nitrogens is 1. The Balaban J connectivity index is 0.955. The number of anilines is 9. The van der Waals surface area contributed by atoms with Gasteiger partial charge < -0.3 is 28.1 Å². The predicted molar refractivity (Wildman–Crippen MR) is 401 cm³/mol. The molecule has 452 valence electrons. The van der Waals surface area contributed by atoms with E-state index in [-0.39, 0.29) is 0 Å². The van der Waals surface area contributed by atoms with Gasteiger partial charge >= 0.3 is 0 Å². The summed E-state index contributed by atoms with van der Waals surface area (Å²) in [6.45, 7) is 0. The van der Waals surface area contributed by atoms with E-state index >= 15 is 0 Å². The van der Waals surface area contributed by atoms with E-state index in [0.29, 0.717) is 0 Å². The van der Waals surface area contributed by atoms with Crippen LogP contribution in [-0.4, -0.2) is 4.57 Å². The van der Waals surface area contributed by atoms with Gasteiger partial charge in [-0.1, -0.05) is 243 Å². The lowest BCUT2D eigenvalue weighted by molar-refractivity contribution is 0.670. The van der Waals surface area contributed by atoms with Crippen LogP contribution in [0.25, 0.3) is 116 Å². The molecule has 3 heterocycles. The maximum atomic E-state index is 7.52. The Morgan fingerprint density at radius 1 is 0.208 bits per heavy atom. The second-order valence-electron chi connectivity index (χ2n) is 24.4. The Labute approximate surface area is 555 Å². The van der Waals surface area contributed by atoms with Gasteiger partial charge in [0.25, 0.3) is 0 Å². The van der Waals surface area contributed by atoms with Gasteiger partial charge in [0.2, 0.25) is 0 Å². The zero-order chi connectivity index (χ0) is 63.5. The lowest BCUT2D eigenvalue weighted by atomic mass is 10.00. The van der Waals surface area contributed by atoms with Crippen LogP contribution in [0.3, 0.4) is 0 Å². The average Bonchev–Trinajstić information content (AvgIpc) is 1.52. The van der Waals surface area contributed by atoms with Crippen molar-refractivity contribution in [1.29, 1.82) is 0 Å². The van der Waals surface area contributed by atoms with Crippen molar-refractivity contribution in [2.75, 3.05) is 14.7 Å². The topological polar surface area (TPSA) is 40.9 Å². The minimum atomic E-state index is 0.759. The fraction of sp³-hybridized carbons (Fsp3) is 0. The second-order valence-corrected chi connectivity index (χ2v) is 24.4. The largest absolute Gasteiger partial charge is 0.455 e. The number of fused-ring (bicyclic) bond motifs is 11. The van der Waals surface area contributed by atoms with Crippen molar-refractivity contribution >= 4 is 117 Å². The van der Waals surface area contributed by atoms with E-state index in [1.54, 1.807) is 0 Å². The van der Waals surface area contributed by atoms with E-state index in [4.69, 9.17) is 8.83 Å². The summed E-state index contributed by atoms with van der Waals surface area (Å²) in [6, 6.07) is 130. The number of hydrogen-bond acceptors (Lipinski definition) is 5. The summed E-state index contributed by atoms with van der Waals surface area (Å²) in [5.41, 5.74) is 24.1. The summed E-state index contributed by atoms with van der Waals surface area (Å²) in [4.78, 5) is 7.14. The van der Waals surface area contributed by atoms with Crippen LogP contribution in [-0.2, 0) is 0 Å². The number of hydrogen-bond donors (Lipinski definition) is 0. The van der Waals surface area contributed by atoms with E-state index in [1.165, 1.54) is 0 Å². The molecule has 18 aromatic rings. The zero-order valence-corrected chi connectivity index (χ0v) is 52.2. The van der Waals surface area contributed by atoms with Gasteiger partial charge in [-0.15, -0.1) is 0 Å². The van der Waals surface area contributed by atoms with Gasteiger partial charge in [0, 0.05) is 56.3 Å². The second kappa shape index (κ2) is 23.7. The summed E-state index contributed by atoms with van der Waals surface area (Å²) in [6.07, 6.45) is 0. The molecule has 0 bridgehead atoms. The van der Waals surface area contributed by atoms with Crippen LogP contribution >= 0.6 is 0 Å². The van der Waals surface area contributed by atoms with Gasteiger partial charge in [0.05, 0.1) is 44.0 Å². The fourth-order valence-electron chi connectivity index (χ4n) is 14.3. The van der Waals surface area contributed by atoms with Gasteiger partial charge in [-0.2, -0.15) is 0 Å². The van der Waals surface area contributed by atoms with E-state index < -0.39 is 0 Å². The highest BCUT2D eigenvalue weighted by Crippen LogP contribution is 2.54. The molecule has 0 saturated heterocycles. The van der Waals surface area contributed by atoms with Crippen molar-refractivity contribution < 1.29 is 8.83 Å². The summed E-state index contributed by atoms with van der Waals surface area (Å²) in [7, 11) is 0. The Morgan fingerprint density at radius 3 is 0.781 bits per heavy atom. The first-order valence-corrected chi connectivity index (χ1v) is 32.6. The van der Waals surface area contributed by atoms with Crippen molar-refractivity contribution in [3.63, 3.8) is 0 Å². The molecule has 0 aliphatic heterocycles. The molecule has 0 fully saturated rings. The zero-order valence-electron chi connectivity index (χ0n) is 52.2. The van der Waals surface area contributed by atoms with Gasteiger partial charge in [-0.3, -0.25) is 0 Å². The van der Waals surface area contributed by atoms with Crippen molar-refractivity contribution in [2.45, 2.75) is 0 Å². The molecule has 0 unspecified atom stereocenters. The molecule has 0 amide bonds. The molecule has 0 spiro atoms. The summed E-state index contributed by atoms with van der Waals surface area (Å²) in [5.74, 6) is 0. The third kappa shape index (κ3) is 9.74. The summed E-state index contributed by atoms with van der Waals surface area (Å²) >= 11 is 0. The first kappa shape index (κ1) is 55.9. The van der Waals surface area contributed by atoms with Crippen LogP contribution in [0.15, 0.2) is 373 Å². The number of rotatable bonds is 14. The van der Waals surface area contributed by atoms with E-state index in [0.717, 1.165) is 167 Å². The van der Waals surface area contributed by atoms with Crippen LogP contribution in [0.4, 0.5) is 51.2 Å². The Kier molecular flexibility index (Phi) is 13.8. The average molecular weight is 1230 g/mol. The lowest BCUT2D eigenvalue weighted by Gasteiger charge is -2.27. The molecule has 0 radical (unpaired) electrons. The van der Waals surface area contributed by atoms with E-state index in [2.05, 4.69) is 383 Å². The first-order valence-electron chi connectivity index (χ1n) is 32.6. The van der Waals surface area contributed by atoms with Gasteiger partial charge in [-0.05, 0) is 166 Å². The van der Waals surface area contributed by atoms with Gasteiger partial charge in [-0.25, -0.2) is 0 Å². The monoisotopic (exact) mass is 1230 g/mol. The number of para-hydroxylation sites is 4. The minimum absolute atomic E-state index is 0.759. The molecular weight excluding hydrogens is 1170 g/mol. The molecule has 0 aliphatic carbocycles. The molecular formula is C90H60N4O2. The molecule has 3 aromatic heterocycles. The van der Waals surface area contributed by atoms with Crippen LogP contribution in [0.1, 0.15) is 0 Å². The molecule has 0 N–H and O–H groups in total. The van der Waals surface area contributed by atoms with Crippen LogP contribution in [0, 0.1) is 0 Å². The third-order valence-electron chi connectivity index (χ3n) is 18.8. The Morgan fingerprint density at radius 2 is 0.458 bits per heavy atom. The molecule has 18 rings (SSSR count). The number of benzene rings is 15. The predicted octanol–water partition coefficient (Wildman–Crippen LogP) is 25.7. The van der Waals surface area contributed by atoms with Gasteiger partial charge in [0.1, 0.15) is 22.3 Å². The normalized spacial score (nSPS) is 11.5. The van der Waals surface area contributed by atoms with Crippen molar-refractivity contribution in [2.24, 2.45) is 0 Å². The van der Waals surface area contributed by atoms with Crippen molar-refractivity contribution in [3.8, 4) is 50.2 Å². The molecule has 0 aliphatic rings. The highest BCUT2D eigenvalue weighted by Gasteiger charge is 2.31. The molecule has 6 heteroatoms. The van der Waals surface area contributed by atoms with Crippen molar-refractivity contribution in [3.05, 3.63) is 364 Å². The standard InChI is InChI=1S/C90H60N4O2/c1-7-23-61(24-8-1)65-39-47-72(48-40-65)92(73-49-41-66(42-50-73)62-25-9-2-10-26-62)79-59-81-87(89-85(79)77-35-19-21-37-83(77)95-89)88-82(94(81)76-57-55-71(56-58-76)91(69-31-15-5-16-32-69)70-33-17-6-18-34-70)60-80(86-78-36-20-22-38-84(78)96-90(86)88)93(74-51-43-67(44-52-74)63-27-11-3-12-28-63)75-53-45-68(46-54-75)64-29-13-4-14-30-64/h1-60H. The van der Waals surface area contributed by atoms with Crippen LogP contribution in [0.2, 0.25) is 0 Å². The fourth-order valence-corrected chi connectivity index (χ4v) is 14.3. The highest BCUT2D eigenvalue weighted by molar-refractivity contribution is 6.35. The van der Waals surface area contributed by atoms with Crippen molar-refractivity contribution in [1.82, 2.24) is 4.57 Å². The Hall–Kier alpha value is -12.9. The maximum absolute atomic E-state index is 7.52. The number of furan rings is 2. The maximum Gasteiger partial charge on any atom is 0.147 e. The summed E-state index contributed by atoms with van der Waals surface area (Å²) in [5, 5.41) is 5.87. The SMILES string of the molecule is c1ccc(-c2ccc(N(c3ccc(-c4ccccc4)cc3)c3cc4c(c5oc6ccccc6c35)c3c5oc6ccccc6c5c(N(c5ccc(-c6ccccc6)cc5)c5ccc(-c6ccccc6)cc5)cc3n4-c3ccc(N(c4ccccc4)c4ccccc4)cc3)cc2)cc1. The Bertz CT molecular complexity index is 5310. The number of nitrogens with zero attached hydrogens (tertiary/aromatic N) is 4. The van der Waals surface area contributed by atoms with E-state index in [1.807, 2.05) is 0 Å². The van der Waals surface area contributed by atoms with Crippen LogP contribution in [0.5, 0.6) is 0 Å². The third-order valence-corrected chi connectivity index (χ3v) is 18.8. The van der Waals surface area contributed by atoms with Gasteiger partial charge in [0.15, 0.2) is 0 Å². The molecule has 0 saturated carbocycles.